The van der Waals surface area contributed by atoms with Crippen molar-refractivity contribution in [3.8, 4) is 23.0 Å². The third-order valence-corrected chi connectivity index (χ3v) is 5.77. The van der Waals surface area contributed by atoms with Gasteiger partial charge in [-0.25, -0.2) is 4.79 Å². The summed E-state index contributed by atoms with van der Waals surface area (Å²) in [7, 11) is 7.29. The number of nitrogens with zero attached hydrogens (tertiary/aromatic N) is 1. The van der Waals surface area contributed by atoms with E-state index in [1.54, 1.807) is 24.3 Å². The molecule has 226 valence electrons. The van der Waals surface area contributed by atoms with Crippen LogP contribution in [0.1, 0.15) is 24.0 Å². The van der Waals surface area contributed by atoms with E-state index in [2.05, 4.69) is 15.6 Å². The van der Waals surface area contributed by atoms with Crippen LogP contribution < -0.4 is 41.0 Å². The van der Waals surface area contributed by atoms with Crippen LogP contribution in [0.5, 0.6) is 23.0 Å². The number of nitrogens with two attached hydrogens (primary N) is 2. The Balaban J connectivity index is 2.12. The maximum Gasteiger partial charge on any atom is 0.328 e. The van der Waals surface area contributed by atoms with Gasteiger partial charge in [0.1, 0.15) is 11.8 Å². The number of rotatable bonds is 15. The van der Waals surface area contributed by atoms with Crippen LogP contribution in [0.15, 0.2) is 47.5 Å². The summed E-state index contributed by atoms with van der Waals surface area (Å²) in [5.74, 6) is -0.0215. The monoisotopic (exact) mass is 583 g/mol. The third kappa shape index (κ3) is 10.1. The van der Waals surface area contributed by atoms with Crippen molar-refractivity contribution >= 4 is 41.6 Å². The average Bonchev–Trinajstić information content (AvgIpc) is 2.99. The molecule has 0 radical (unpaired) electrons. The molecule has 1 atom stereocenters. The first kappa shape index (κ1) is 33.0. The molecule has 2 aromatic rings. The van der Waals surface area contributed by atoms with Gasteiger partial charge in [-0.3, -0.25) is 14.6 Å². The molecular weight excluding hydrogens is 546 g/mol. The summed E-state index contributed by atoms with van der Waals surface area (Å²) in [6.45, 7) is 0.280. The number of hydrogen-bond donors (Lipinski definition) is 4. The van der Waals surface area contributed by atoms with Gasteiger partial charge in [-0.05, 0) is 48.2 Å². The lowest BCUT2D eigenvalue weighted by Crippen LogP contribution is -2.41. The summed E-state index contributed by atoms with van der Waals surface area (Å²) < 4.78 is 26.3. The fourth-order valence-electron chi connectivity index (χ4n) is 3.76. The SMILES string of the molecule is COC(=O)[C@H](CCCN=C(N)N)NC(=O)/C=C/C(=O)Nc1cc(/C=C\c2cc(OC)c(OC)c(OC)c2)ccc1OC. The van der Waals surface area contributed by atoms with Crippen molar-refractivity contribution in [2.45, 2.75) is 18.9 Å². The third-order valence-electron chi connectivity index (χ3n) is 5.77. The molecule has 2 amide bonds. The van der Waals surface area contributed by atoms with Crippen molar-refractivity contribution < 1.29 is 38.1 Å². The number of guanidine groups is 1. The number of amides is 2. The molecule has 0 bridgehead atoms. The number of benzene rings is 2. The zero-order chi connectivity index (χ0) is 31.1. The van der Waals surface area contributed by atoms with Gasteiger partial charge in [-0.15, -0.1) is 0 Å². The lowest BCUT2D eigenvalue weighted by molar-refractivity contribution is -0.144. The van der Waals surface area contributed by atoms with Crippen molar-refractivity contribution in [1.29, 1.82) is 0 Å². The van der Waals surface area contributed by atoms with Gasteiger partial charge in [0.25, 0.3) is 0 Å². The zero-order valence-electron chi connectivity index (χ0n) is 24.3. The number of anilines is 1. The van der Waals surface area contributed by atoms with Crippen LogP contribution in [0.3, 0.4) is 0 Å². The van der Waals surface area contributed by atoms with Gasteiger partial charge in [0.15, 0.2) is 17.5 Å². The fourth-order valence-corrected chi connectivity index (χ4v) is 3.76. The van der Waals surface area contributed by atoms with Crippen LogP contribution in [0, 0.1) is 0 Å². The van der Waals surface area contributed by atoms with Crippen molar-refractivity contribution in [2.75, 3.05) is 47.4 Å². The average molecular weight is 584 g/mol. The fraction of sp³-hybridized carbons (Fsp3) is 0.310. The molecule has 42 heavy (non-hydrogen) atoms. The topological polar surface area (TPSA) is 186 Å². The number of aliphatic imine (C=N–C) groups is 1. The first-order valence-corrected chi connectivity index (χ1v) is 12.7. The summed E-state index contributed by atoms with van der Waals surface area (Å²) in [6.07, 6.45) is 6.40. The van der Waals surface area contributed by atoms with E-state index in [0.29, 0.717) is 35.1 Å². The highest BCUT2D eigenvalue weighted by atomic mass is 16.5. The van der Waals surface area contributed by atoms with E-state index in [4.69, 9.17) is 35.2 Å². The van der Waals surface area contributed by atoms with Crippen molar-refractivity contribution in [2.24, 2.45) is 16.5 Å². The van der Waals surface area contributed by atoms with E-state index in [-0.39, 0.29) is 18.9 Å². The van der Waals surface area contributed by atoms with Crippen molar-refractivity contribution in [3.05, 3.63) is 53.6 Å². The summed E-state index contributed by atoms with van der Waals surface area (Å²) in [5, 5.41) is 5.21. The Morgan fingerprint density at radius 1 is 0.833 bits per heavy atom. The highest BCUT2D eigenvalue weighted by molar-refractivity contribution is 6.04. The molecule has 0 saturated carbocycles. The number of esters is 1. The van der Waals surface area contributed by atoms with Crippen LogP contribution >= 0.6 is 0 Å². The lowest BCUT2D eigenvalue weighted by atomic mass is 10.1. The largest absolute Gasteiger partial charge is 0.495 e. The maximum absolute atomic E-state index is 12.6. The molecule has 2 rings (SSSR count). The number of carbonyl (C=O) groups excluding carboxylic acids is 3. The van der Waals surface area contributed by atoms with Gasteiger partial charge < -0.3 is 45.8 Å². The molecule has 0 aliphatic heterocycles. The van der Waals surface area contributed by atoms with E-state index in [9.17, 15) is 14.4 Å². The van der Waals surface area contributed by atoms with E-state index < -0.39 is 23.8 Å². The normalized spacial score (nSPS) is 11.5. The summed E-state index contributed by atoms with van der Waals surface area (Å²) in [6, 6.07) is 7.89. The molecule has 0 aromatic heterocycles. The van der Waals surface area contributed by atoms with Crippen LogP contribution in [0.2, 0.25) is 0 Å². The van der Waals surface area contributed by atoms with Gasteiger partial charge in [-0.1, -0.05) is 18.2 Å². The molecular formula is C29H37N5O8. The minimum Gasteiger partial charge on any atom is -0.495 e. The number of hydrogen-bond acceptors (Lipinski definition) is 9. The summed E-state index contributed by atoms with van der Waals surface area (Å²) >= 11 is 0. The Morgan fingerprint density at radius 2 is 1.45 bits per heavy atom. The quantitative estimate of drug-likeness (QED) is 0.0604. The van der Waals surface area contributed by atoms with Crippen LogP contribution in [-0.4, -0.2) is 71.9 Å². The smallest absolute Gasteiger partial charge is 0.328 e. The van der Waals surface area contributed by atoms with Gasteiger partial charge in [-0.2, -0.15) is 0 Å². The van der Waals surface area contributed by atoms with Crippen LogP contribution in [-0.2, 0) is 19.1 Å². The highest BCUT2D eigenvalue weighted by Gasteiger charge is 2.20. The molecule has 2 aromatic carbocycles. The molecule has 0 aliphatic carbocycles. The predicted molar refractivity (Wildman–Crippen MR) is 160 cm³/mol. The van der Waals surface area contributed by atoms with E-state index >= 15 is 0 Å². The number of methoxy groups -OCH3 is 5. The van der Waals surface area contributed by atoms with Crippen molar-refractivity contribution in [1.82, 2.24) is 5.32 Å². The van der Waals surface area contributed by atoms with E-state index in [1.807, 2.05) is 18.2 Å². The summed E-state index contributed by atoms with van der Waals surface area (Å²) in [4.78, 5) is 40.9. The highest BCUT2D eigenvalue weighted by Crippen LogP contribution is 2.38. The van der Waals surface area contributed by atoms with Crippen LogP contribution in [0.25, 0.3) is 12.2 Å². The first-order valence-electron chi connectivity index (χ1n) is 12.7. The molecule has 13 nitrogen and oxygen atoms in total. The van der Waals surface area contributed by atoms with E-state index in [1.165, 1.54) is 35.5 Å². The van der Waals surface area contributed by atoms with Gasteiger partial charge >= 0.3 is 5.97 Å². The number of nitrogens with one attached hydrogen (secondary N) is 2. The molecule has 0 unspecified atom stereocenters. The van der Waals surface area contributed by atoms with Gasteiger partial charge in [0.05, 0.1) is 41.2 Å². The van der Waals surface area contributed by atoms with Gasteiger partial charge in [0.2, 0.25) is 17.6 Å². The minimum absolute atomic E-state index is 0.0700. The number of carbonyl (C=O) groups is 3. The Kier molecular flexibility index (Phi) is 13.2. The lowest BCUT2D eigenvalue weighted by Gasteiger charge is -2.15. The second kappa shape index (κ2) is 16.8. The Morgan fingerprint density at radius 3 is 2.02 bits per heavy atom. The molecule has 0 fully saturated rings. The van der Waals surface area contributed by atoms with Gasteiger partial charge in [0, 0.05) is 18.7 Å². The standard InChI is InChI=1S/C29H37N5O8/c1-38-22-11-10-18(8-9-19-16-23(39-2)27(41-4)24(17-19)40-3)15-21(22)34-26(36)13-12-25(35)33-20(28(37)42-5)7-6-14-32-29(30)31/h8-13,15-17,20H,6-7,14H2,1-5H3,(H,33,35)(H,34,36)(H4,30,31,32)/b9-8-,13-12+/t20-/m0/s1. The van der Waals surface area contributed by atoms with E-state index in [0.717, 1.165) is 23.3 Å². The second-order valence-corrected chi connectivity index (χ2v) is 8.61. The maximum atomic E-state index is 12.6. The molecule has 0 aliphatic rings. The molecule has 6 N–H and O–H groups in total. The zero-order valence-corrected chi connectivity index (χ0v) is 24.3. The Bertz CT molecular complexity index is 1310. The van der Waals surface area contributed by atoms with Crippen molar-refractivity contribution in [3.63, 3.8) is 0 Å². The minimum atomic E-state index is -0.932. The molecule has 13 heteroatoms. The number of ether oxygens (including phenoxy) is 5. The Labute approximate surface area is 244 Å². The summed E-state index contributed by atoms with van der Waals surface area (Å²) in [5.41, 5.74) is 12.5. The molecule has 0 saturated heterocycles. The second-order valence-electron chi connectivity index (χ2n) is 8.61. The Hall–Kier alpha value is -5.20. The van der Waals surface area contributed by atoms with Crippen LogP contribution in [0.4, 0.5) is 5.69 Å². The molecule has 0 spiro atoms. The first-order chi connectivity index (χ1) is 20.1. The predicted octanol–water partition coefficient (Wildman–Crippen LogP) is 2.10. The molecule has 0 heterocycles.